The monoisotopic (exact) mass is 283 g/mol. The summed E-state index contributed by atoms with van der Waals surface area (Å²) in [5.41, 5.74) is -1.36. The second-order valence-corrected chi connectivity index (χ2v) is 6.05. The van der Waals surface area contributed by atoms with Crippen molar-refractivity contribution >= 4 is 10.0 Å². The summed E-state index contributed by atoms with van der Waals surface area (Å²) in [6.45, 7) is 2.27. The molecule has 0 heterocycles. The summed E-state index contributed by atoms with van der Waals surface area (Å²) in [6, 6.07) is 1.12. The molecule has 0 saturated carbocycles. The van der Waals surface area contributed by atoms with Gasteiger partial charge in [-0.15, -0.1) is 0 Å². The Kier molecular flexibility index (Phi) is 4.04. The molecule has 18 heavy (non-hydrogen) atoms. The molecule has 0 radical (unpaired) electrons. The first-order valence-corrected chi connectivity index (χ1v) is 6.38. The lowest BCUT2D eigenvalue weighted by molar-refractivity contribution is 0.0857. The quantitative estimate of drug-likeness (QED) is 0.815. The largest absolute Gasteiger partial charge is 0.389 e. The van der Waals surface area contributed by atoms with Crippen molar-refractivity contribution in [2.24, 2.45) is 0 Å². The third-order valence-corrected chi connectivity index (χ3v) is 3.40. The SMILES string of the molecule is CC(C)(O)CNS(=O)(=O)c1ccc(F)c(F)c1F. The van der Waals surface area contributed by atoms with Gasteiger partial charge >= 0.3 is 0 Å². The number of rotatable bonds is 4. The molecule has 0 saturated heterocycles. The predicted molar refractivity (Wildman–Crippen MR) is 57.8 cm³/mol. The van der Waals surface area contributed by atoms with Gasteiger partial charge < -0.3 is 5.11 Å². The van der Waals surface area contributed by atoms with Crippen molar-refractivity contribution in [1.82, 2.24) is 4.72 Å². The van der Waals surface area contributed by atoms with E-state index in [-0.39, 0.29) is 0 Å². The summed E-state index contributed by atoms with van der Waals surface area (Å²) in [7, 11) is -4.36. The second-order valence-electron chi connectivity index (χ2n) is 4.31. The van der Waals surface area contributed by atoms with Crippen molar-refractivity contribution in [2.75, 3.05) is 6.54 Å². The number of hydrogen-bond donors (Lipinski definition) is 2. The topological polar surface area (TPSA) is 66.4 Å². The van der Waals surface area contributed by atoms with Gasteiger partial charge in [0.15, 0.2) is 17.5 Å². The molecule has 8 heteroatoms. The van der Waals surface area contributed by atoms with Crippen LogP contribution in [0.3, 0.4) is 0 Å². The zero-order valence-electron chi connectivity index (χ0n) is 9.67. The molecule has 102 valence electrons. The highest BCUT2D eigenvalue weighted by Crippen LogP contribution is 2.19. The van der Waals surface area contributed by atoms with E-state index in [4.69, 9.17) is 0 Å². The maximum atomic E-state index is 13.3. The highest BCUT2D eigenvalue weighted by atomic mass is 32.2. The zero-order valence-corrected chi connectivity index (χ0v) is 10.5. The van der Waals surface area contributed by atoms with Crippen LogP contribution in [0.1, 0.15) is 13.8 Å². The molecule has 0 fully saturated rings. The van der Waals surface area contributed by atoms with Gasteiger partial charge in [0.2, 0.25) is 10.0 Å². The lowest BCUT2D eigenvalue weighted by Gasteiger charge is -2.17. The van der Waals surface area contributed by atoms with Crippen LogP contribution >= 0.6 is 0 Å². The van der Waals surface area contributed by atoms with Gasteiger partial charge in [0, 0.05) is 6.54 Å². The van der Waals surface area contributed by atoms with Gasteiger partial charge in [-0.1, -0.05) is 0 Å². The van der Waals surface area contributed by atoms with Crippen LogP contribution in [-0.2, 0) is 10.0 Å². The van der Waals surface area contributed by atoms with E-state index in [9.17, 15) is 26.7 Å². The average molecular weight is 283 g/mol. The van der Waals surface area contributed by atoms with E-state index in [1.165, 1.54) is 13.8 Å². The average Bonchev–Trinajstić information content (AvgIpc) is 2.22. The maximum absolute atomic E-state index is 13.3. The smallest absolute Gasteiger partial charge is 0.243 e. The Labute approximate surface area is 102 Å². The van der Waals surface area contributed by atoms with Gasteiger partial charge in [-0.2, -0.15) is 0 Å². The molecule has 1 aromatic carbocycles. The summed E-state index contributed by atoms with van der Waals surface area (Å²) in [5, 5.41) is 9.34. The van der Waals surface area contributed by atoms with Gasteiger partial charge in [0.1, 0.15) is 4.90 Å². The van der Waals surface area contributed by atoms with Crippen molar-refractivity contribution in [3.63, 3.8) is 0 Å². The molecule has 0 aromatic heterocycles. The fraction of sp³-hybridized carbons (Fsp3) is 0.400. The number of hydrogen-bond acceptors (Lipinski definition) is 3. The predicted octanol–water partition coefficient (Wildman–Crippen LogP) is 1.15. The molecule has 4 nitrogen and oxygen atoms in total. The number of sulfonamides is 1. The summed E-state index contributed by atoms with van der Waals surface area (Å²) in [5.74, 6) is -5.13. The second kappa shape index (κ2) is 4.87. The van der Waals surface area contributed by atoms with Crippen molar-refractivity contribution in [3.8, 4) is 0 Å². The van der Waals surface area contributed by atoms with Gasteiger partial charge in [-0.05, 0) is 26.0 Å². The Balaban J connectivity index is 3.11. The minimum Gasteiger partial charge on any atom is -0.389 e. The van der Waals surface area contributed by atoms with Crippen LogP contribution in [0.4, 0.5) is 13.2 Å². The third kappa shape index (κ3) is 3.44. The van der Waals surface area contributed by atoms with Gasteiger partial charge in [-0.25, -0.2) is 26.3 Å². The molecule has 1 rings (SSSR count). The Morgan fingerprint density at radius 2 is 1.78 bits per heavy atom. The Bertz CT molecular complexity index is 552. The van der Waals surface area contributed by atoms with Crippen LogP contribution in [0.5, 0.6) is 0 Å². The lowest BCUT2D eigenvalue weighted by Crippen LogP contribution is -2.38. The van der Waals surface area contributed by atoms with Crippen LogP contribution in [0.2, 0.25) is 0 Å². The molecule has 0 spiro atoms. The molecule has 0 bridgehead atoms. The molecule has 0 aliphatic heterocycles. The van der Waals surface area contributed by atoms with Gasteiger partial charge in [0.25, 0.3) is 0 Å². The zero-order chi connectivity index (χ0) is 14.1. The van der Waals surface area contributed by atoms with Crippen molar-refractivity contribution in [3.05, 3.63) is 29.6 Å². The summed E-state index contributed by atoms with van der Waals surface area (Å²) in [4.78, 5) is -1.01. The molecule has 0 aliphatic rings. The molecule has 2 N–H and O–H groups in total. The summed E-state index contributed by atoms with van der Waals surface area (Å²) < 4.78 is 64.0. The van der Waals surface area contributed by atoms with E-state index < -0.39 is 44.5 Å². The van der Waals surface area contributed by atoms with Crippen LogP contribution in [0.25, 0.3) is 0 Å². The molecule has 0 amide bonds. The minimum atomic E-state index is -4.36. The van der Waals surface area contributed by atoms with Crippen molar-refractivity contribution < 1.29 is 26.7 Å². The van der Waals surface area contributed by atoms with Gasteiger partial charge in [0.05, 0.1) is 5.60 Å². The number of benzene rings is 1. The van der Waals surface area contributed by atoms with E-state index in [2.05, 4.69) is 0 Å². The Hall–Kier alpha value is -1.12. The third-order valence-electron chi connectivity index (χ3n) is 1.98. The molecular formula is C10H12F3NO3S. The van der Waals surface area contributed by atoms with Crippen LogP contribution in [-0.4, -0.2) is 25.7 Å². The fourth-order valence-corrected chi connectivity index (χ4v) is 2.34. The highest BCUT2D eigenvalue weighted by Gasteiger charge is 2.25. The Morgan fingerprint density at radius 1 is 1.22 bits per heavy atom. The van der Waals surface area contributed by atoms with Crippen LogP contribution in [0, 0.1) is 17.5 Å². The number of halogens is 3. The summed E-state index contributed by atoms with van der Waals surface area (Å²) in [6.07, 6.45) is 0. The van der Waals surface area contributed by atoms with Crippen LogP contribution in [0.15, 0.2) is 17.0 Å². The molecular weight excluding hydrogens is 271 g/mol. The van der Waals surface area contributed by atoms with Gasteiger partial charge in [-0.3, -0.25) is 0 Å². The van der Waals surface area contributed by atoms with Crippen LogP contribution < -0.4 is 4.72 Å². The first-order chi connectivity index (χ1) is 8.04. The first-order valence-electron chi connectivity index (χ1n) is 4.90. The standard InChI is InChI=1S/C10H12F3NO3S/c1-10(2,15)5-14-18(16,17)7-4-3-6(11)8(12)9(7)13/h3-4,14-15H,5H2,1-2H3. The number of aliphatic hydroxyl groups is 1. The van der Waals surface area contributed by atoms with E-state index in [0.29, 0.717) is 12.1 Å². The minimum absolute atomic E-state index is 0.395. The van der Waals surface area contributed by atoms with E-state index >= 15 is 0 Å². The first kappa shape index (κ1) is 14.9. The molecule has 0 unspecified atom stereocenters. The van der Waals surface area contributed by atoms with Crippen molar-refractivity contribution in [2.45, 2.75) is 24.3 Å². The number of nitrogens with one attached hydrogen (secondary N) is 1. The maximum Gasteiger partial charge on any atom is 0.243 e. The lowest BCUT2D eigenvalue weighted by atomic mass is 10.1. The van der Waals surface area contributed by atoms with E-state index in [0.717, 1.165) is 0 Å². The summed E-state index contributed by atoms with van der Waals surface area (Å²) >= 11 is 0. The van der Waals surface area contributed by atoms with Crippen molar-refractivity contribution in [1.29, 1.82) is 0 Å². The molecule has 1 aromatic rings. The Morgan fingerprint density at radius 3 is 2.28 bits per heavy atom. The normalized spacial score (nSPS) is 12.8. The van der Waals surface area contributed by atoms with E-state index in [1.54, 1.807) is 0 Å². The van der Waals surface area contributed by atoms with E-state index in [1.807, 2.05) is 4.72 Å². The molecule has 0 aliphatic carbocycles. The highest BCUT2D eigenvalue weighted by molar-refractivity contribution is 7.89. The molecule has 0 atom stereocenters. The fourth-order valence-electron chi connectivity index (χ4n) is 1.07.